The number of epoxide rings is 1. The molecule has 1 heterocycles. The first-order valence-corrected chi connectivity index (χ1v) is 12.4. The minimum atomic E-state index is 0.519. The molecule has 34 heavy (non-hydrogen) atoms. The Balaban J connectivity index is 1.02. The van der Waals surface area contributed by atoms with Gasteiger partial charge in [-0.2, -0.15) is 0 Å². The molecule has 3 aromatic carbocycles. The second-order valence-electron chi connectivity index (χ2n) is 9.52. The van der Waals surface area contributed by atoms with Gasteiger partial charge in [0.25, 0.3) is 0 Å². The molecule has 0 amide bonds. The lowest BCUT2D eigenvalue weighted by molar-refractivity contribution is 0.0762. The first-order chi connectivity index (χ1) is 16.8. The van der Waals surface area contributed by atoms with Gasteiger partial charge in [0, 0.05) is 6.61 Å². The molecule has 0 radical (unpaired) electrons. The summed E-state index contributed by atoms with van der Waals surface area (Å²) in [5.74, 6) is 0.648. The fraction of sp³-hybridized carbons (Fsp3) is 0.400. The Morgan fingerprint density at radius 2 is 1.09 bits per heavy atom. The Morgan fingerprint density at radius 1 is 0.559 bits per heavy atom. The molecule has 1 aliphatic carbocycles. The second kappa shape index (κ2) is 11.8. The van der Waals surface area contributed by atoms with Crippen LogP contribution in [-0.2, 0) is 52.0 Å². The van der Waals surface area contributed by atoms with Crippen molar-refractivity contribution in [2.45, 2.75) is 64.5 Å². The normalized spacial score (nSPS) is 21.2. The van der Waals surface area contributed by atoms with E-state index in [2.05, 4.69) is 60.7 Å². The van der Waals surface area contributed by atoms with E-state index in [9.17, 15) is 0 Å². The highest BCUT2D eigenvalue weighted by molar-refractivity contribution is 5.24. The van der Waals surface area contributed by atoms with E-state index in [-0.39, 0.29) is 0 Å². The molecule has 1 aliphatic heterocycles. The number of hydrogen-bond acceptors (Lipinski definition) is 4. The van der Waals surface area contributed by atoms with Crippen LogP contribution in [0, 0.1) is 5.92 Å². The van der Waals surface area contributed by atoms with Gasteiger partial charge in [-0.1, -0.05) is 78.9 Å². The SMILES string of the molecule is c1ccc(COCc2cccc(COCc3cccc(COCC4CCC5OC5C4)c3)c2)cc1. The fourth-order valence-corrected chi connectivity index (χ4v) is 4.75. The van der Waals surface area contributed by atoms with Crippen molar-refractivity contribution >= 4 is 0 Å². The van der Waals surface area contributed by atoms with E-state index in [1.807, 2.05) is 18.2 Å². The largest absolute Gasteiger partial charge is 0.376 e. The summed E-state index contributed by atoms with van der Waals surface area (Å²) < 4.78 is 23.5. The van der Waals surface area contributed by atoms with Crippen molar-refractivity contribution in [2.24, 2.45) is 5.92 Å². The maximum Gasteiger partial charge on any atom is 0.0845 e. The van der Waals surface area contributed by atoms with Crippen LogP contribution in [-0.4, -0.2) is 18.8 Å². The molecule has 0 aromatic heterocycles. The van der Waals surface area contributed by atoms with Crippen molar-refractivity contribution in [2.75, 3.05) is 6.61 Å². The highest BCUT2D eigenvalue weighted by atomic mass is 16.6. The molecule has 4 heteroatoms. The Morgan fingerprint density at radius 3 is 1.68 bits per heavy atom. The third-order valence-corrected chi connectivity index (χ3v) is 6.64. The summed E-state index contributed by atoms with van der Waals surface area (Å²) in [6.45, 7) is 3.88. The van der Waals surface area contributed by atoms with Crippen LogP contribution in [0.3, 0.4) is 0 Å². The zero-order chi connectivity index (χ0) is 23.0. The molecule has 0 bridgehead atoms. The lowest BCUT2D eigenvalue weighted by Gasteiger charge is -2.18. The van der Waals surface area contributed by atoms with Crippen LogP contribution >= 0.6 is 0 Å². The first kappa shape index (κ1) is 23.3. The van der Waals surface area contributed by atoms with E-state index in [0.717, 1.165) is 17.7 Å². The highest BCUT2D eigenvalue weighted by Gasteiger charge is 2.43. The van der Waals surface area contributed by atoms with Gasteiger partial charge in [-0.25, -0.2) is 0 Å². The smallest absolute Gasteiger partial charge is 0.0845 e. The average molecular weight is 459 g/mol. The molecule has 0 N–H and O–H groups in total. The van der Waals surface area contributed by atoms with Gasteiger partial charge in [-0.15, -0.1) is 0 Å². The number of fused-ring (bicyclic) bond motifs is 1. The van der Waals surface area contributed by atoms with Gasteiger partial charge in [0.2, 0.25) is 0 Å². The van der Waals surface area contributed by atoms with Gasteiger partial charge in [0.15, 0.2) is 0 Å². The van der Waals surface area contributed by atoms with Crippen LogP contribution in [0.25, 0.3) is 0 Å². The van der Waals surface area contributed by atoms with Gasteiger partial charge in [0.05, 0.1) is 45.2 Å². The van der Waals surface area contributed by atoms with E-state index < -0.39 is 0 Å². The molecule has 2 fully saturated rings. The van der Waals surface area contributed by atoms with Crippen molar-refractivity contribution in [1.82, 2.24) is 0 Å². The molecule has 2 aliphatic rings. The molecular formula is C30H34O4. The van der Waals surface area contributed by atoms with Crippen molar-refractivity contribution in [3.8, 4) is 0 Å². The maximum absolute atomic E-state index is 6.02. The first-order valence-electron chi connectivity index (χ1n) is 12.4. The summed E-state index contributed by atoms with van der Waals surface area (Å²) in [6.07, 6.45) is 4.68. The second-order valence-corrected chi connectivity index (χ2v) is 9.52. The number of ether oxygens (including phenoxy) is 4. The molecular weight excluding hydrogens is 424 g/mol. The molecule has 3 unspecified atom stereocenters. The van der Waals surface area contributed by atoms with Crippen molar-refractivity contribution in [3.05, 3.63) is 107 Å². The highest BCUT2D eigenvalue weighted by Crippen LogP contribution is 2.39. The molecule has 1 saturated heterocycles. The van der Waals surface area contributed by atoms with Crippen molar-refractivity contribution in [1.29, 1.82) is 0 Å². The topological polar surface area (TPSA) is 40.2 Å². The molecule has 3 atom stereocenters. The van der Waals surface area contributed by atoms with E-state index in [1.165, 1.54) is 36.0 Å². The summed E-state index contributed by atoms with van der Waals surface area (Å²) in [4.78, 5) is 0. The lowest BCUT2D eigenvalue weighted by Crippen LogP contribution is -2.18. The zero-order valence-electron chi connectivity index (χ0n) is 19.7. The Hall–Kier alpha value is -2.50. The van der Waals surface area contributed by atoms with E-state index in [4.69, 9.17) is 18.9 Å². The summed E-state index contributed by atoms with van der Waals surface area (Å²) in [7, 11) is 0. The molecule has 1 saturated carbocycles. The van der Waals surface area contributed by atoms with Gasteiger partial charge in [-0.3, -0.25) is 0 Å². The van der Waals surface area contributed by atoms with E-state index in [0.29, 0.717) is 51.2 Å². The third kappa shape index (κ3) is 7.00. The van der Waals surface area contributed by atoms with Gasteiger partial charge in [0.1, 0.15) is 0 Å². The van der Waals surface area contributed by atoms with E-state index in [1.54, 1.807) is 0 Å². The Kier molecular flexibility index (Phi) is 8.05. The van der Waals surface area contributed by atoms with Gasteiger partial charge < -0.3 is 18.9 Å². The van der Waals surface area contributed by atoms with Crippen LogP contribution in [0.15, 0.2) is 78.9 Å². The standard InChI is InChI=1S/C30H34O4/c1-2-6-23(7-3-1)17-31-18-24-8-4-9-25(14-24)19-32-20-26-10-5-11-27(15-26)21-33-22-28-12-13-29-30(16-28)34-29/h1-11,14-15,28-30H,12-13,16-22H2. The summed E-state index contributed by atoms with van der Waals surface area (Å²) in [5.41, 5.74) is 5.90. The fourth-order valence-electron chi connectivity index (χ4n) is 4.75. The lowest BCUT2D eigenvalue weighted by atomic mass is 9.90. The minimum absolute atomic E-state index is 0.519. The van der Waals surface area contributed by atoms with Crippen molar-refractivity contribution < 1.29 is 18.9 Å². The van der Waals surface area contributed by atoms with Crippen LogP contribution < -0.4 is 0 Å². The summed E-state index contributed by atoms with van der Waals surface area (Å²) in [5, 5.41) is 0. The maximum atomic E-state index is 6.02. The van der Waals surface area contributed by atoms with Crippen LogP contribution in [0.4, 0.5) is 0 Å². The zero-order valence-corrected chi connectivity index (χ0v) is 19.7. The number of rotatable bonds is 12. The monoisotopic (exact) mass is 458 g/mol. The summed E-state index contributed by atoms with van der Waals surface area (Å²) in [6, 6.07) is 27.2. The quantitative estimate of drug-likeness (QED) is 0.303. The van der Waals surface area contributed by atoms with Gasteiger partial charge >= 0.3 is 0 Å². The minimum Gasteiger partial charge on any atom is -0.376 e. The molecule has 3 aromatic rings. The van der Waals surface area contributed by atoms with Crippen LogP contribution in [0.5, 0.6) is 0 Å². The molecule has 0 spiro atoms. The molecule has 178 valence electrons. The molecule has 4 nitrogen and oxygen atoms in total. The average Bonchev–Trinajstić information content (AvgIpc) is 3.64. The Bertz CT molecular complexity index is 1030. The van der Waals surface area contributed by atoms with Crippen LogP contribution in [0.2, 0.25) is 0 Å². The van der Waals surface area contributed by atoms with E-state index >= 15 is 0 Å². The summed E-state index contributed by atoms with van der Waals surface area (Å²) >= 11 is 0. The molecule has 5 rings (SSSR count). The third-order valence-electron chi connectivity index (χ3n) is 6.64. The Labute approximate surface area is 202 Å². The van der Waals surface area contributed by atoms with Gasteiger partial charge in [-0.05, 0) is 53.0 Å². The predicted molar refractivity (Wildman–Crippen MR) is 132 cm³/mol. The number of hydrogen-bond donors (Lipinski definition) is 0. The van der Waals surface area contributed by atoms with Crippen LogP contribution in [0.1, 0.15) is 47.1 Å². The van der Waals surface area contributed by atoms with Crippen molar-refractivity contribution in [3.63, 3.8) is 0 Å². The predicted octanol–water partition coefficient (Wildman–Crippen LogP) is 6.20. The number of benzene rings is 3.